The minimum absolute atomic E-state index is 0.0495. The molecule has 0 unspecified atom stereocenters. The molecule has 0 aliphatic carbocycles. The van der Waals surface area contributed by atoms with Gasteiger partial charge in [-0.15, -0.1) is 0 Å². The molecule has 0 atom stereocenters. The predicted octanol–water partition coefficient (Wildman–Crippen LogP) is 3.45. The van der Waals surface area contributed by atoms with Crippen LogP contribution in [0.25, 0.3) is 11.4 Å². The molecule has 2 heterocycles. The number of carbonyl (C=O) groups excluding carboxylic acids is 1. The number of aromatic nitrogens is 2. The van der Waals surface area contributed by atoms with Crippen molar-refractivity contribution in [2.75, 3.05) is 18.1 Å². The first-order valence-electron chi connectivity index (χ1n) is 8.82. The Balaban J connectivity index is 1.54. The van der Waals surface area contributed by atoms with E-state index in [-0.39, 0.29) is 19.1 Å². The smallest absolute Gasteiger partial charge is 0.265 e. The Morgan fingerprint density at radius 2 is 2.04 bits per heavy atom. The third-order valence-electron chi connectivity index (χ3n) is 4.18. The Labute approximate surface area is 156 Å². The van der Waals surface area contributed by atoms with Gasteiger partial charge in [0.1, 0.15) is 11.5 Å². The number of para-hydroxylation sites is 1. The highest BCUT2D eigenvalue weighted by atomic mass is 16.5. The zero-order chi connectivity index (χ0) is 18.6. The molecule has 7 nitrogen and oxygen atoms in total. The molecule has 0 saturated carbocycles. The van der Waals surface area contributed by atoms with E-state index in [0.717, 1.165) is 23.4 Å². The topological polar surface area (TPSA) is 77.7 Å². The van der Waals surface area contributed by atoms with Gasteiger partial charge < -0.3 is 18.9 Å². The molecule has 4 rings (SSSR count). The van der Waals surface area contributed by atoms with Gasteiger partial charge in [0.05, 0.1) is 5.69 Å². The highest BCUT2D eigenvalue weighted by Crippen LogP contribution is 2.35. The van der Waals surface area contributed by atoms with Gasteiger partial charge in [-0.2, -0.15) is 4.98 Å². The average Bonchev–Trinajstić information content (AvgIpc) is 3.18. The Kier molecular flexibility index (Phi) is 4.74. The van der Waals surface area contributed by atoms with Gasteiger partial charge in [0.15, 0.2) is 13.2 Å². The molecule has 3 aromatic rings. The molecule has 0 N–H and O–H groups in total. The summed E-state index contributed by atoms with van der Waals surface area (Å²) in [6.45, 7) is 2.92. The van der Waals surface area contributed by atoms with Crippen molar-refractivity contribution in [1.82, 2.24) is 10.1 Å². The van der Waals surface area contributed by atoms with Gasteiger partial charge in [0, 0.05) is 12.1 Å². The SMILES string of the molecule is CCCN1C(=O)COc2ccc(-c3noc(COc4ccccc4)n3)cc21. The number of anilines is 1. The second-order valence-electron chi connectivity index (χ2n) is 6.13. The maximum Gasteiger partial charge on any atom is 0.265 e. The summed E-state index contributed by atoms with van der Waals surface area (Å²) in [6.07, 6.45) is 0.860. The third kappa shape index (κ3) is 3.62. The zero-order valence-electron chi connectivity index (χ0n) is 14.9. The van der Waals surface area contributed by atoms with Crippen LogP contribution < -0.4 is 14.4 Å². The maximum atomic E-state index is 12.2. The minimum atomic E-state index is -0.0495. The van der Waals surface area contributed by atoms with Crippen LogP contribution in [0.4, 0.5) is 5.69 Å². The van der Waals surface area contributed by atoms with E-state index in [1.54, 1.807) is 4.90 Å². The number of hydrogen-bond donors (Lipinski definition) is 0. The second kappa shape index (κ2) is 7.49. The van der Waals surface area contributed by atoms with Crippen LogP contribution in [0.1, 0.15) is 19.2 Å². The summed E-state index contributed by atoms with van der Waals surface area (Å²) >= 11 is 0. The molecule has 7 heteroatoms. The lowest BCUT2D eigenvalue weighted by molar-refractivity contribution is -0.121. The van der Waals surface area contributed by atoms with E-state index >= 15 is 0 Å². The van der Waals surface area contributed by atoms with Crippen LogP contribution in [0.3, 0.4) is 0 Å². The summed E-state index contributed by atoms with van der Waals surface area (Å²) in [4.78, 5) is 18.3. The largest absolute Gasteiger partial charge is 0.484 e. The first-order chi connectivity index (χ1) is 13.2. The van der Waals surface area contributed by atoms with E-state index in [2.05, 4.69) is 10.1 Å². The Morgan fingerprint density at radius 1 is 1.19 bits per heavy atom. The second-order valence-corrected chi connectivity index (χ2v) is 6.13. The van der Waals surface area contributed by atoms with Crippen molar-refractivity contribution in [3.05, 3.63) is 54.4 Å². The number of hydrogen-bond acceptors (Lipinski definition) is 6. The van der Waals surface area contributed by atoms with E-state index in [0.29, 0.717) is 24.0 Å². The number of benzene rings is 2. The summed E-state index contributed by atoms with van der Waals surface area (Å²) < 4.78 is 16.4. The monoisotopic (exact) mass is 365 g/mol. The van der Waals surface area contributed by atoms with Gasteiger partial charge in [-0.25, -0.2) is 0 Å². The minimum Gasteiger partial charge on any atom is -0.484 e. The summed E-state index contributed by atoms with van der Waals surface area (Å²) in [6, 6.07) is 15.0. The molecule has 1 aliphatic rings. The molecule has 1 amide bonds. The first kappa shape index (κ1) is 17.1. The van der Waals surface area contributed by atoms with E-state index in [9.17, 15) is 4.79 Å². The quantitative estimate of drug-likeness (QED) is 0.666. The molecular formula is C20H19N3O4. The van der Waals surface area contributed by atoms with Gasteiger partial charge in [-0.1, -0.05) is 30.3 Å². The summed E-state index contributed by atoms with van der Waals surface area (Å²) in [5.41, 5.74) is 1.49. The zero-order valence-corrected chi connectivity index (χ0v) is 14.9. The molecule has 0 radical (unpaired) electrons. The van der Waals surface area contributed by atoms with Crippen LogP contribution in [0.5, 0.6) is 11.5 Å². The molecule has 0 fully saturated rings. The van der Waals surface area contributed by atoms with Crippen LogP contribution >= 0.6 is 0 Å². The number of rotatable bonds is 6. The fourth-order valence-corrected chi connectivity index (χ4v) is 2.90. The van der Waals surface area contributed by atoms with Crippen LogP contribution in [-0.2, 0) is 11.4 Å². The lowest BCUT2D eigenvalue weighted by Gasteiger charge is -2.29. The molecule has 0 saturated heterocycles. The highest BCUT2D eigenvalue weighted by Gasteiger charge is 2.25. The number of ether oxygens (including phenoxy) is 2. The van der Waals surface area contributed by atoms with Crippen LogP contribution in [-0.4, -0.2) is 29.2 Å². The molecule has 27 heavy (non-hydrogen) atoms. The normalized spacial score (nSPS) is 13.2. The van der Waals surface area contributed by atoms with Crippen LogP contribution in [0.2, 0.25) is 0 Å². The Morgan fingerprint density at radius 3 is 2.85 bits per heavy atom. The number of amides is 1. The molecule has 1 aromatic heterocycles. The van der Waals surface area contributed by atoms with Crippen LogP contribution in [0.15, 0.2) is 53.1 Å². The number of fused-ring (bicyclic) bond motifs is 1. The molecule has 2 aromatic carbocycles. The van der Waals surface area contributed by atoms with Crippen molar-refractivity contribution in [1.29, 1.82) is 0 Å². The number of carbonyl (C=O) groups is 1. The van der Waals surface area contributed by atoms with Gasteiger partial charge in [-0.3, -0.25) is 4.79 Å². The molecular weight excluding hydrogens is 346 g/mol. The summed E-state index contributed by atoms with van der Waals surface area (Å²) in [5.74, 6) is 2.19. The standard InChI is InChI=1S/C20H19N3O4/c1-2-10-23-16-11-14(8-9-17(16)26-13-19(23)24)20-21-18(27-22-20)12-25-15-6-4-3-5-7-15/h3-9,11H,2,10,12-13H2,1H3. The Hall–Kier alpha value is -3.35. The summed E-state index contributed by atoms with van der Waals surface area (Å²) in [5, 5.41) is 4.03. The fourth-order valence-electron chi connectivity index (χ4n) is 2.90. The van der Waals surface area contributed by atoms with Gasteiger partial charge in [0.2, 0.25) is 5.82 Å². The Bertz CT molecular complexity index is 939. The fraction of sp³-hybridized carbons (Fsp3) is 0.250. The average molecular weight is 365 g/mol. The lowest BCUT2D eigenvalue weighted by atomic mass is 10.1. The van der Waals surface area contributed by atoms with Crippen molar-refractivity contribution in [2.45, 2.75) is 20.0 Å². The van der Waals surface area contributed by atoms with Gasteiger partial charge in [-0.05, 0) is 36.8 Å². The number of nitrogens with zero attached hydrogens (tertiary/aromatic N) is 3. The van der Waals surface area contributed by atoms with Crippen molar-refractivity contribution in [3.8, 4) is 22.9 Å². The van der Waals surface area contributed by atoms with Crippen molar-refractivity contribution < 1.29 is 18.8 Å². The van der Waals surface area contributed by atoms with E-state index in [1.165, 1.54) is 0 Å². The predicted molar refractivity (Wildman–Crippen MR) is 98.6 cm³/mol. The molecule has 1 aliphatic heterocycles. The third-order valence-corrected chi connectivity index (χ3v) is 4.18. The first-order valence-corrected chi connectivity index (χ1v) is 8.82. The van der Waals surface area contributed by atoms with Crippen molar-refractivity contribution >= 4 is 11.6 Å². The maximum absolute atomic E-state index is 12.2. The van der Waals surface area contributed by atoms with Crippen molar-refractivity contribution in [2.24, 2.45) is 0 Å². The molecule has 0 spiro atoms. The molecule has 138 valence electrons. The van der Waals surface area contributed by atoms with E-state index in [1.807, 2.05) is 55.5 Å². The van der Waals surface area contributed by atoms with E-state index < -0.39 is 0 Å². The molecule has 0 bridgehead atoms. The highest BCUT2D eigenvalue weighted by molar-refractivity contribution is 5.98. The lowest BCUT2D eigenvalue weighted by Crippen LogP contribution is -2.39. The summed E-state index contributed by atoms with van der Waals surface area (Å²) in [7, 11) is 0. The van der Waals surface area contributed by atoms with E-state index in [4.69, 9.17) is 14.0 Å². The van der Waals surface area contributed by atoms with Crippen molar-refractivity contribution in [3.63, 3.8) is 0 Å². The van der Waals surface area contributed by atoms with Gasteiger partial charge in [0.25, 0.3) is 11.8 Å². The van der Waals surface area contributed by atoms with Gasteiger partial charge >= 0.3 is 0 Å². The van der Waals surface area contributed by atoms with Crippen LogP contribution in [0, 0.1) is 0 Å².